The molecule has 2 aromatic heterocycles. The van der Waals surface area contributed by atoms with Crippen molar-refractivity contribution in [1.82, 2.24) is 13.7 Å². The highest BCUT2D eigenvalue weighted by Gasteiger charge is 2.20. The number of hydrogen-bond acceptors (Lipinski definition) is 5. The predicted molar refractivity (Wildman–Crippen MR) is 100 cm³/mol. The second-order valence-electron chi connectivity index (χ2n) is 5.77. The van der Waals surface area contributed by atoms with E-state index in [1.165, 1.54) is 27.4 Å². The van der Waals surface area contributed by atoms with Crippen molar-refractivity contribution in [1.29, 1.82) is 0 Å². The molecule has 26 heavy (non-hydrogen) atoms. The minimum absolute atomic E-state index is 0.0317. The van der Waals surface area contributed by atoms with Crippen molar-refractivity contribution in [3.8, 4) is 5.75 Å². The molecule has 0 aliphatic carbocycles. The topological polar surface area (TPSA) is 98.6 Å². The van der Waals surface area contributed by atoms with E-state index in [9.17, 15) is 19.5 Å². The van der Waals surface area contributed by atoms with Crippen LogP contribution in [0.25, 0.3) is 11.0 Å². The highest BCUT2D eigenvalue weighted by molar-refractivity contribution is 6.30. The summed E-state index contributed by atoms with van der Waals surface area (Å²) in [6.07, 6.45) is 1.19. The number of nitrogens with zero attached hydrogens (tertiary/aromatic N) is 4. The quantitative estimate of drug-likeness (QED) is 0.678. The van der Waals surface area contributed by atoms with Gasteiger partial charge < -0.3 is 5.11 Å². The molecule has 0 radical (unpaired) electrons. The molecule has 0 fully saturated rings. The molecule has 1 aromatic carbocycles. The number of benzene rings is 1. The normalized spacial score (nSPS) is 11.5. The van der Waals surface area contributed by atoms with Crippen LogP contribution in [0.5, 0.6) is 5.75 Å². The van der Waals surface area contributed by atoms with Crippen LogP contribution < -0.4 is 16.8 Å². The summed E-state index contributed by atoms with van der Waals surface area (Å²) in [6.45, 7) is 0. The van der Waals surface area contributed by atoms with E-state index in [4.69, 9.17) is 11.6 Å². The summed E-state index contributed by atoms with van der Waals surface area (Å²) in [7, 11) is 4.14. The summed E-state index contributed by atoms with van der Waals surface area (Å²) in [5.74, 6) is -0.517. The molecule has 3 rings (SSSR count). The second kappa shape index (κ2) is 6.30. The van der Waals surface area contributed by atoms with Crippen molar-refractivity contribution in [2.45, 2.75) is 0 Å². The van der Waals surface area contributed by atoms with E-state index in [2.05, 4.69) is 4.99 Å². The van der Waals surface area contributed by atoms with Crippen molar-refractivity contribution in [2.75, 3.05) is 0 Å². The van der Waals surface area contributed by atoms with Crippen LogP contribution in [0, 0.1) is 0 Å². The van der Waals surface area contributed by atoms with Gasteiger partial charge in [0.05, 0.1) is 5.69 Å². The SMILES string of the molecule is Cn1c(=O)c2c(O)c(C=Nc3ccc(Cl)cc3)c(=O)n(C)c2n(C)c1=O. The highest BCUT2D eigenvalue weighted by Crippen LogP contribution is 2.22. The summed E-state index contributed by atoms with van der Waals surface area (Å²) >= 11 is 5.82. The monoisotopic (exact) mass is 374 g/mol. The third-order valence-electron chi connectivity index (χ3n) is 4.15. The zero-order valence-corrected chi connectivity index (χ0v) is 15.0. The Bertz CT molecular complexity index is 1230. The summed E-state index contributed by atoms with van der Waals surface area (Å²) in [4.78, 5) is 41.3. The zero-order valence-electron chi connectivity index (χ0n) is 14.2. The van der Waals surface area contributed by atoms with Crippen LogP contribution in [0.1, 0.15) is 5.56 Å². The van der Waals surface area contributed by atoms with Gasteiger partial charge in [0.1, 0.15) is 22.3 Å². The highest BCUT2D eigenvalue weighted by atomic mass is 35.5. The van der Waals surface area contributed by atoms with Crippen LogP contribution in [-0.2, 0) is 21.1 Å². The zero-order chi connectivity index (χ0) is 19.2. The number of aromatic nitrogens is 3. The van der Waals surface area contributed by atoms with Gasteiger partial charge in [0.25, 0.3) is 11.1 Å². The maximum Gasteiger partial charge on any atom is 0.332 e. The van der Waals surface area contributed by atoms with Crippen LogP contribution in [-0.4, -0.2) is 25.0 Å². The number of aliphatic imine (C=N–C) groups is 1. The van der Waals surface area contributed by atoms with Crippen molar-refractivity contribution < 1.29 is 5.11 Å². The number of hydrogen-bond donors (Lipinski definition) is 1. The molecular weight excluding hydrogens is 360 g/mol. The average Bonchev–Trinajstić information content (AvgIpc) is 2.62. The molecule has 0 unspecified atom stereocenters. The predicted octanol–water partition coefficient (Wildman–Crippen LogP) is 1.05. The molecule has 0 bridgehead atoms. The minimum atomic E-state index is -0.697. The Morgan fingerprint density at radius 1 is 0.962 bits per heavy atom. The Morgan fingerprint density at radius 2 is 1.58 bits per heavy atom. The van der Waals surface area contributed by atoms with Gasteiger partial charge in [0.2, 0.25) is 0 Å². The standard InChI is InChI=1S/C17H15ClN4O4/c1-20-14-12(16(25)22(3)17(26)21(14)2)13(23)11(15(20)24)8-19-10-6-4-9(18)5-7-10/h4-8,23H,1-3H3. The average molecular weight is 375 g/mol. The van der Waals surface area contributed by atoms with E-state index in [-0.39, 0.29) is 16.6 Å². The minimum Gasteiger partial charge on any atom is -0.506 e. The number of pyridine rings is 1. The third kappa shape index (κ3) is 2.64. The molecule has 0 aliphatic heterocycles. The molecule has 0 amide bonds. The molecular formula is C17H15ClN4O4. The van der Waals surface area contributed by atoms with E-state index in [1.54, 1.807) is 24.3 Å². The van der Waals surface area contributed by atoms with Crippen molar-refractivity contribution in [3.05, 3.63) is 66.0 Å². The molecule has 8 nitrogen and oxygen atoms in total. The van der Waals surface area contributed by atoms with Crippen LogP contribution in [0.4, 0.5) is 5.69 Å². The molecule has 0 aliphatic rings. The molecule has 0 spiro atoms. The van der Waals surface area contributed by atoms with Crippen LogP contribution in [0.3, 0.4) is 0 Å². The lowest BCUT2D eigenvalue weighted by atomic mass is 10.2. The number of halogens is 1. The van der Waals surface area contributed by atoms with Gasteiger partial charge in [0.15, 0.2) is 0 Å². The largest absolute Gasteiger partial charge is 0.506 e. The Balaban J connectivity index is 2.35. The summed E-state index contributed by atoms with van der Waals surface area (Å²) in [5, 5.41) is 11.0. The van der Waals surface area contributed by atoms with Crippen molar-refractivity contribution >= 4 is 34.5 Å². The molecule has 1 N–H and O–H groups in total. The molecule has 9 heteroatoms. The van der Waals surface area contributed by atoms with E-state index in [1.807, 2.05) is 0 Å². The summed E-state index contributed by atoms with van der Waals surface area (Å²) < 4.78 is 3.14. The van der Waals surface area contributed by atoms with E-state index in [0.29, 0.717) is 10.7 Å². The summed E-state index contributed by atoms with van der Waals surface area (Å²) in [5.41, 5.74) is -1.48. The smallest absolute Gasteiger partial charge is 0.332 e. The van der Waals surface area contributed by atoms with Gasteiger partial charge >= 0.3 is 5.69 Å². The van der Waals surface area contributed by atoms with Crippen molar-refractivity contribution in [3.63, 3.8) is 0 Å². The first-order valence-electron chi connectivity index (χ1n) is 7.55. The van der Waals surface area contributed by atoms with Gasteiger partial charge in [-0.05, 0) is 24.3 Å². The van der Waals surface area contributed by atoms with Crippen LogP contribution in [0.15, 0.2) is 43.6 Å². The Morgan fingerprint density at radius 3 is 2.19 bits per heavy atom. The maximum atomic E-state index is 12.6. The number of fused-ring (bicyclic) bond motifs is 1. The number of rotatable bonds is 2. The molecule has 0 saturated heterocycles. The Hall–Kier alpha value is -3.13. The molecule has 2 heterocycles. The van der Waals surface area contributed by atoms with Gasteiger partial charge in [0, 0.05) is 32.4 Å². The van der Waals surface area contributed by atoms with E-state index in [0.717, 1.165) is 13.7 Å². The van der Waals surface area contributed by atoms with E-state index >= 15 is 0 Å². The first-order chi connectivity index (χ1) is 12.2. The Labute approximate surface area is 151 Å². The lowest BCUT2D eigenvalue weighted by Crippen LogP contribution is -2.40. The maximum absolute atomic E-state index is 12.6. The molecule has 0 saturated carbocycles. The van der Waals surface area contributed by atoms with Gasteiger partial charge in [-0.25, -0.2) is 4.79 Å². The third-order valence-corrected chi connectivity index (χ3v) is 4.40. The van der Waals surface area contributed by atoms with Crippen LogP contribution in [0.2, 0.25) is 5.02 Å². The summed E-state index contributed by atoms with van der Waals surface area (Å²) in [6, 6.07) is 6.56. The fourth-order valence-corrected chi connectivity index (χ4v) is 2.85. The van der Waals surface area contributed by atoms with Gasteiger partial charge in [-0.3, -0.25) is 28.3 Å². The Kier molecular flexibility index (Phi) is 4.29. The number of aromatic hydroxyl groups is 1. The van der Waals surface area contributed by atoms with Crippen molar-refractivity contribution in [2.24, 2.45) is 26.1 Å². The second-order valence-corrected chi connectivity index (χ2v) is 6.20. The lowest BCUT2D eigenvalue weighted by molar-refractivity contribution is 0.476. The van der Waals surface area contributed by atoms with Gasteiger partial charge in [-0.1, -0.05) is 11.6 Å². The van der Waals surface area contributed by atoms with E-state index < -0.39 is 22.6 Å². The number of aryl methyl sites for hydroxylation is 2. The fraction of sp³-hybridized carbons (Fsp3) is 0.176. The first-order valence-corrected chi connectivity index (χ1v) is 7.93. The first kappa shape index (κ1) is 17.7. The van der Waals surface area contributed by atoms with Crippen LogP contribution >= 0.6 is 11.6 Å². The lowest BCUT2D eigenvalue weighted by Gasteiger charge is -2.13. The van der Waals surface area contributed by atoms with Gasteiger partial charge in [-0.2, -0.15) is 0 Å². The molecule has 3 aromatic rings. The van der Waals surface area contributed by atoms with Gasteiger partial charge in [-0.15, -0.1) is 0 Å². The molecule has 0 atom stereocenters. The molecule has 134 valence electrons. The fourth-order valence-electron chi connectivity index (χ4n) is 2.73.